The number of non-ortho nitro benzene ring substituents is 1. The van der Waals surface area contributed by atoms with Gasteiger partial charge in [-0.05, 0) is 42.5 Å². The van der Waals surface area contributed by atoms with Gasteiger partial charge in [0, 0.05) is 24.4 Å². The Bertz CT molecular complexity index is 1290. The van der Waals surface area contributed by atoms with Gasteiger partial charge in [0.25, 0.3) is 5.69 Å². The molecule has 2 aromatic carbocycles. The summed E-state index contributed by atoms with van der Waals surface area (Å²) in [6, 6.07) is 11.8. The molecule has 0 atom stereocenters. The highest BCUT2D eigenvalue weighted by Gasteiger charge is 2.17. The Labute approximate surface area is 185 Å². The van der Waals surface area contributed by atoms with Gasteiger partial charge >= 0.3 is 0 Å². The van der Waals surface area contributed by atoms with E-state index in [0.717, 1.165) is 4.70 Å². The molecular formula is C21H16N4O4S2. The Kier molecular flexibility index (Phi) is 5.74. The predicted molar refractivity (Wildman–Crippen MR) is 123 cm³/mol. The molecule has 4 aromatic rings. The van der Waals surface area contributed by atoms with Crippen molar-refractivity contribution in [3.8, 4) is 5.75 Å². The number of anilines is 2. The normalized spacial score (nSPS) is 11.2. The van der Waals surface area contributed by atoms with Crippen LogP contribution < -0.4 is 9.64 Å². The molecule has 0 aliphatic rings. The SMILES string of the molecule is COc1ccc(N(C(C)=O)c2nc(C=Cc3nc4ccc([N+](=O)[O-])cc4s3)cs2)cc1. The zero-order valence-corrected chi connectivity index (χ0v) is 18.1. The molecule has 31 heavy (non-hydrogen) atoms. The van der Waals surface area contributed by atoms with Crippen molar-refractivity contribution in [2.75, 3.05) is 12.0 Å². The van der Waals surface area contributed by atoms with Gasteiger partial charge in [-0.1, -0.05) is 0 Å². The van der Waals surface area contributed by atoms with E-state index >= 15 is 0 Å². The molecule has 2 heterocycles. The zero-order valence-electron chi connectivity index (χ0n) is 16.5. The summed E-state index contributed by atoms with van der Waals surface area (Å²) in [4.78, 5) is 33.3. The number of amides is 1. The van der Waals surface area contributed by atoms with Crippen molar-refractivity contribution in [1.82, 2.24) is 9.97 Å². The van der Waals surface area contributed by atoms with Gasteiger partial charge in [-0.3, -0.25) is 19.8 Å². The zero-order chi connectivity index (χ0) is 22.0. The summed E-state index contributed by atoms with van der Waals surface area (Å²) in [5.41, 5.74) is 2.13. The predicted octanol–water partition coefficient (Wildman–Crippen LogP) is 5.52. The van der Waals surface area contributed by atoms with Crippen LogP contribution in [0.3, 0.4) is 0 Å². The van der Waals surface area contributed by atoms with Crippen LogP contribution in [0.15, 0.2) is 47.8 Å². The fourth-order valence-corrected chi connectivity index (χ4v) is 4.64. The second-order valence-corrected chi connectivity index (χ2v) is 8.30. The fourth-order valence-electron chi connectivity index (χ4n) is 2.89. The number of carbonyl (C=O) groups is 1. The Hall–Kier alpha value is -3.63. The van der Waals surface area contributed by atoms with Crippen LogP contribution in [0.5, 0.6) is 5.75 Å². The highest BCUT2D eigenvalue weighted by atomic mass is 32.1. The molecule has 0 N–H and O–H groups in total. The maximum absolute atomic E-state index is 12.2. The van der Waals surface area contributed by atoms with Crippen LogP contribution in [0.2, 0.25) is 0 Å². The van der Waals surface area contributed by atoms with Crippen LogP contribution in [0.4, 0.5) is 16.5 Å². The third-order valence-corrected chi connectivity index (χ3v) is 6.17. The number of nitro benzene ring substituents is 1. The van der Waals surface area contributed by atoms with Crippen molar-refractivity contribution >= 4 is 67.5 Å². The molecule has 0 aliphatic carbocycles. The summed E-state index contributed by atoms with van der Waals surface area (Å²) in [5, 5.41) is 14.1. The Morgan fingerprint density at radius 1 is 1.16 bits per heavy atom. The Balaban J connectivity index is 1.57. The third kappa shape index (κ3) is 4.44. The molecule has 0 fully saturated rings. The van der Waals surface area contributed by atoms with Crippen LogP contribution in [0, 0.1) is 10.1 Å². The lowest BCUT2D eigenvalue weighted by Crippen LogP contribution is -2.22. The minimum Gasteiger partial charge on any atom is -0.497 e. The van der Waals surface area contributed by atoms with Crippen molar-refractivity contribution in [3.05, 3.63) is 68.7 Å². The van der Waals surface area contributed by atoms with E-state index in [1.807, 2.05) is 5.38 Å². The number of hydrogen-bond acceptors (Lipinski definition) is 8. The van der Waals surface area contributed by atoms with Gasteiger partial charge in [-0.15, -0.1) is 22.7 Å². The number of fused-ring (bicyclic) bond motifs is 1. The smallest absolute Gasteiger partial charge is 0.270 e. The van der Waals surface area contributed by atoms with Gasteiger partial charge < -0.3 is 4.74 Å². The van der Waals surface area contributed by atoms with Gasteiger partial charge in [0.1, 0.15) is 10.8 Å². The second kappa shape index (κ2) is 8.62. The molecule has 4 rings (SSSR count). The first-order valence-corrected chi connectivity index (χ1v) is 10.8. The molecule has 156 valence electrons. The number of benzene rings is 2. The number of hydrogen-bond donors (Lipinski definition) is 0. The lowest BCUT2D eigenvalue weighted by atomic mass is 10.3. The highest BCUT2D eigenvalue weighted by Crippen LogP contribution is 2.31. The number of thiazole rings is 2. The highest BCUT2D eigenvalue weighted by molar-refractivity contribution is 7.19. The Morgan fingerprint density at radius 2 is 1.94 bits per heavy atom. The fraction of sp³-hybridized carbons (Fsp3) is 0.0952. The molecule has 8 nitrogen and oxygen atoms in total. The maximum atomic E-state index is 12.2. The molecule has 0 unspecified atom stereocenters. The number of aromatic nitrogens is 2. The number of nitrogens with zero attached hydrogens (tertiary/aromatic N) is 4. The number of carbonyl (C=O) groups excluding carboxylic acids is 1. The summed E-state index contributed by atoms with van der Waals surface area (Å²) < 4.78 is 5.91. The average Bonchev–Trinajstić information content (AvgIpc) is 3.38. The first-order valence-electron chi connectivity index (χ1n) is 9.08. The number of rotatable bonds is 6. The summed E-state index contributed by atoms with van der Waals surface area (Å²) in [5.74, 6) is 0.555. The summed E-state index contributed by atoms with van der Waals surface area (Å²) in [7, 11) is 1.59. The lowest BCUT2D eigenvalue weighted by Gasteiger charge is -2.18. The summed E-state index contributed by atoms with van der Waals surface area (Å²) >= 11 is 2.72. The van der Waals surface area contributed by atoms with Crippen molar-refractivity contribution in [3.63, 3.8) is 0 Å². The van der Waals surface area contributed by atoms with Gasteiger partial charge in [0.15, 0.2) is 5.13 Å². The summed E-state index contributed by atoms with van der Waals surface area (Å²) in [6.07, 6.45) is 3.61. The van der Waals surface area contributed by atoms with Crippen molar-refractivity contribution in [2.24, 2.45) is 0 Å². The molecule has 0 saturated heterocycles. The topological polar surface area (TPSA) is 98.5 Å². The molecule has 1 amide bonds. The molecule has 0 radical (unpaired) electrons. The first kappa shape index (κ1) is 20.6. The number of ether oxygens (including phenoxy) is 1. The van der Waals surface area contributed by atoms with E-state index in [9.17, 15) is 14.9 Å². The van der Waals surface area contributed by atoms with E-state index < -0.39 is 4.92 Å². The number of nitro groups is 1. The minimum atomic E-state index is -0.422. The quantitative estimate of drug-likeness (QED) is 0.282. The van der Waals surface area contributed by atoms with Crippen LogP contribution >= 0.6 is 22.7 Å². The van der Waals surface area contributed by atoms with Crippen LogP contribution in [-0.4, -0.2) is 27.9 Å². The summed E-state index contributed by atoms with van der Waals surface area (Å²) in [6.45, 7) is 1.49. The number of methoxy groups -OCH3 is 1. The van der Waals surface area contributed by atoms with E-state index in [4.69, 9.17) is 4.74 Å². The van der Waals surface area contributed by atoms with Crippen LogP contribution in [0.1, 0.15) is 17.6 Å². The monoisotopic (exact) mass is 452 g/mol. The van der Waals surface area contributed by atoms with Gasteiger partial charge in [0.05, 0.1) is 33.6 Å². The Morgan fingerprint density at radius 3 is 2.61 bits per heavy atom. The van der Waals surface area contributed by atoms with Crippen LogP contribution in [0.25, 0.3) is 22.4 Å². The standard InChI is InChI=1S/C21H16N4O4S2/c1-13(26)24(15-4-7-17(29-2)8-5-15)21-22-14(12-30-21)3-10-20-23-18-9-6-16(25(27)28)11-19(18)31-20/h3-12H,1-2H3. The molecule has 0 aliphatic heterocycles. The third-order valence-electron chi connectivity index (χ3n) is 4.34. The minimum absolute atomic E-state index is 0.0404. The second-order valence-electron chi connectivity index (χ2n) is 6.40. The van der Waals surface area contributed by atoms with Gasteiger partial charge in [-0.25, -0.2) is 9.97 Å². The first-order chi connectivity index (χ1) is 14.9. The molecular weight excluding hydrogens is 436 g/mol. The largest absolute Gasteiger partial charge is 0.497 e. The molecule has 10 heteroatoms. The van der Waals surface area contributed by atoms with Gasteiger partial charge in [-0.2, -0.15) is 0 Å². The molecule has 0 bridgehead atoms. The van der Waals surface area contributed by atoms with Crippen LogP contribution in [-0.2, 0) is 4.79 Å². The van der Waals surface area contributed by atoms with E-state index in [0.29, 0.717) is 32.8 Å². The van der Waals surface area contributed by atoms with E-state index in [1.54, 1.807) is 49.6 Å². The molecule has 0 spiro atoms. The van der Waals surface area contributed by atoms with Crippen molar-refractivity contribution in [2.45, 2.75) is 6.92 Å². The molecule has 2 aromatic heterocycles. The lowest BCUT2D eigenvalue weighted by molar-refractivity contribution is -0.384. The van der Waals surface area contributed by atoms with E-state index in [1.165, 1.54) is 46.6 Å². The molecule has 0 saturated carbocycles. The average molecular weight is 453 g/mol. The van der Waals surface area contributed by atoms with Gasteiger partial charge in [0.2, 0.25) is 5.91 Å². The van der Waals surface area contributed by atoms with E-state index in [2.05, 4.69) is 9.97 Å². The maximum Gasteiger partial charge on any atom is 0.270 e. The van der Waals surface area contributed by atoms with E-state index in [-0.39, 0.29) is 11.6 Å². The van der Waals surface area contributed by atoms with Crippen molar-refractivity contribution in [1.29, 1.82) is 0 Å². The van der Waals surface area contributed by atoms with Crippen molar-refractivity contribution < 1.29 is 14.5 Å².